The van der Waals surface area contributed by atoms with Gasteiger partial charge in [-0.25, -0.2) is 8.78 Å². The molecule has 1 heterocycles. The molecule has 80 valence electrons. The Labute approximate surface area is 103 Å². The molecule has 0 spiro atoms. The molecule has 0 saturated heterocycles. The highest BCUT2D eigenvalue weighted by Crippen LogP contribution is 2.31. The van der Waals surface area contributed by atoms with Crippen LogP contribution in [-0.2, 0) is 11.8 Å². The summed E-state index contributed by atoms with van der Waals surface area (Å²) in [6, 6.07) is 1.95. The molecular formula is C9H6Br2F2N2. The molecule has 0 aliphatic rings. The van der Waals surface area contributed by atoms with Gasteiger partial charge in [0.2, 0.25) is 0 Å². The average Bonchev–Trinajstić information content (AvgIpc) is 2.20. The summed E-state index contributed by atoms with van der Waals surface area (Å²) in [5.41, 5.74) is 0.773. The van der Waals surface area contributed by atoms with Gasteiger partial charge in [-0.1, -0.05) is 31.9 Å². The molecule has 0 atom stereocenters. The summed E-state index contributed by atoms with van der Waals surface area (Å²) < 4.78 is 25.6. The van der Waals surface area contributed by atoms with Crippen LogP contribution in [-0.4, -0.2) is 4.98 Å². The molecule has 15 heavy (non-hydrogen) atoms. The number of hydrogen-bond acceptors (Lipinski definition) is 2. The first kappa shape index (κ1) is 12.5. The van der Waals surface area contributed by atoms with Crippen LogP contribution in [0, 0.1) is 11.3 Å². The molecular weight excluding hydrogens is 334 g/mol. The fourth-order valence-corrected chi connectivity index (χ4v) is 2.64. The normalized spacial score (nSPS) is 10.4. The Morgan fingerprint density at radius 1 is 1.53 bits per heavy atom. The predicted molar refractivity (Wildman–Crippen MR) is 58.8 cm³/mol. The van der Waals surface area contributed by atoms with Gasteiger partial charge >= 0.3 is 0 Å². The Hall–Kier alpha value is -0.540. The zero-order valence-corrected chi connectivity index (χ0v) is 10.6. The second-order valence-corrected chi connectivity index (χ2v) is 4.08. The van der Waals surface area contributed by atoms with Gasteiger partial charge in [0.1, 0.15) is 5.69 Å². The van der Waals surface area contributed by atoms with Crippen LogP contribution in [0.1, 0.15) is 23.2 Å². The van der Waals surface area contributed by atoms with Gasteiger partial charge in [0.15, 0.2) is 0 Å². The lowest BCUT2D eigenvalue weighted by Gasteiger charge is -2.10. The molecule has 0 amide bonds. The predicted octanol–water partition coefficient (Wildman–Crippen LogP) is 3.74. The number of hydrogen-bond donors (Lipinski definition) is 0. The second kappa shape index (κ2) is 5.52. The molecule has 6 heteroatoms. The van der Waals surface area contributed by atoms with Gasteiger partial charge in [-0.05, 0) is 5.56 Å². The van der Waals surface area contributed by atoms with Crippen molar-refractivity contribution in [3.8, 4) is 6.07 Å². The standard InChI is InChI=1S/C9H6Br2F2N2/c10-3-6-7(11)5(1-2-14)4-15-8(6)9(12)13/h4,9H,1,3H2. The summed E-state index contributed by atoms with van der Waals surface area (Å²) in [6.45, 7) is 0. The average molecular weight is 340 g/mol. The highest BCUT2D eigenvalue weighted by Gasteiger charge is 2.18. The van der Waals surface area contributed by atoms with Crippen molar-refractivity contribution < 1.29 is 8.78 Å². The summed E-state index contributed by atoms with van der Waals surface area (Å²) >= 11 is 6.33. The Morgan fingerprint density at radius 2 is 2.20 bits per heavy atom. The maximum atomic E-state index is 12.5. The number of nitriles is 1. The van der Waals surface area contributed by atoms with Crippen molar-refractivity contribution in [1.82, 2.24) is 4.98 Å². The summed E-state index contributed by atoms with van der Waals surface area (Å²) in [5.74, 6) is 0. The van der Waals surface area contributed by atoms with Gasteiger partial charge in [-0.2, -0.15) is 5.26 Å². The molecule has 0 fully saturated rings. The van der Waals surface area contributed by atoms with Crippen LogP contribution in [0.4, 0.5) is 8.78 Å². The third-order valence-corrected chi connectivity index (χ3v) is 3.37. The molecule has 0 bridgehead atoms. The number of alkyl halides is 3. The van der Waals surface area contributed by atoms with Gasteiger partial charge in [0.25, 0.3) is 6.43 Å². The molecule has 0 unspecified atom stereocenters. The highest BCUT2D eigenvalue weighted by molar-refractivity contribution is 9.10. The van der Waals surface area contributed by atoms with Crippen molar-refractivity contribution in [1.29, 1.82) is 5.26 Å². The van der Waals surface area contributed by atoms with Gasteiger partial charge < -0.3 is 0 Å². The van der Waals surface area contributed by atoms with E-state index in [9.17, 15) is 8.78 Å². The van der Waals surface area contributed by atoms with E-state index in [-0.39, 0.29) is 17.4 Å². The summed E-state index contributed by atoms with van der Waals surface area (Å²) in [7, 11) is 0. The maximum Gasteiger partial charge on any atom is 0.280 e. The molecule has 0 aromatic carbocycles. The molecule has 0 saturated carbocycles. The fourth-order valence-electron chi connectivity index (χ4n) is 1.11. The first-order valence-electron chi connectivity index (χ1n) is 3.99. The molecule has 1 aromatic rings. The largest absolute Gasteiger partial charge is 0.280 e. The molecule has 1 aromatic heterocycles. The fraction of sp³-hybridized carbons (Fsp3) is 0.333. The number of nitrogens with zero attached hydrogens (tertiary/aromatic N) is 2. The number of pyridine rings is 1. The zero-order valence-electron chi connectivity index (χ0n) is 7.48. The number of halogens is 4. The van der Waals surface area contributed by atoms with Gasteiger partial charge in [0, 0.05) is 21.6 Å². The number of rotatable bonds is 3. The molecule has 0 aliphatic heterocycles. The van der Waals surface area contributed by atoms with E-state index in [1.807, 2.05) is 6.07 Å². The highest BCUT2D eigenvalue weighted by atomic mass is 79.9. The van der Waals surface area contributed by atoms with Crippen LogP contribution in [0.5, 0.6) is 0 Å². The first-order valence-corrected chi connectivity index (χ1v) is 5.90. The minimum atomic E-state index is -2.61. The van der Waals surface area contributed by atoms with Gasteiger partial charge in [-0.15, -0.1) is 0 Å². The van der Waals surface area contributed by atoms with Crippen molar-refractivity contribution in [2.24, 2.45) is 0 Å². The van der Waals surface area contributed by atoms with Crippen LogP contribution in [0.3, 0.4) is 0 Å². The van der Waals surface area contributed by atoms with Crippen LogP contribution >= 0.6 is 31.9 Å². The van der Waals surface area contributed by atoms with E-state index in [2.05, 4.69) is 36.8 Å². The van der Waals surface area contributed by atoms with Crippen molar-refractivity contribution in [3.63, 3.8) is 0 Å². The Kier molecular flexibility index (Phi) is 4.61. The molecule has 0 radical (unpaired) electrons. The Morgan fingerprint density at radius 3 is 2.67 bits per heavy atom. The monoisotopic (exact) mass is 338 g/mol. The van der Waals surface area contributed by atoms with E-state index < -0.39 is 6.43 Å². The van der Waals surface area contributed by atoms with Crippen molar-refractivity contribution in [3.05, 3.63) is 27.5 Å². The zero-order chi connectivity index (χ0) is 11.4. The SMILES string of the molecule is N#CCc1cnc(C(F)F)c(CBr)c1Br. The van der Waals surface area contributed by atoms with Crippen molar-refractivity contribution in [2.75, 3.05) is 0 Å². The third kappa shape index (κ3) is 2.73. The summed E-state index contributed by atoms with van der Waals surface area (Å²) in [6.07, 6.45) is -1.15. The smallest absolute Gasteiger partial charge is 0.255 e. The molecule has 2 nitrogen and oxygen atoms in total. The lowest BCUT2D eigenvalue weighted by molar-refractivity contribution is 0.145. The van der Waals surface area contributed by atoms with Crippen molar-refractivity contribution >= 4 is 31.9 Å². The minimum absolute atomic E-state index is 0.150. The minimum Gasteiger partial charge on any atom is -0.255 e. The maximum absolute atomic E-state index is 12.5. The first-order chi connectivity index (χ1) is 7.11. The van der Waals surface area contributed by atoms with Gasteiger partial charge in [-0.3, -0.25) is 4.98 Å². The van der Waals surface area contributed by atoms with E-state index in [4.69, 9.17) is 5.26 Å². The van der Waals surface area contributed by atoms with Crippen LogP contribution in [0.2, 0.25) is 0 Å². The van der Waals surface area contributed by atoms with E-state index >= 15 is 0 Å². The Bertz CT molecular complexity index is 402. The molecule has 0 N–H and O–H groups in total. The van der Waals surface area contributed by atoms with E-state index in [1.54, 1.807) is 0 Å². The van der Waals surface area contributed by atoms with Crippen LogP contribution in [0.15, 0.2) is 10.7 Å². The molecule has 0 aliphatic carbocycles. The van der Waals surface area contributed by atoms with E-state index in [0.29, 0.717) is 15.6 Å². The molecule has 1 rings (SSSR count). The number of aromatic nitrogens is 1. The topological polar surface area (TPSA) is 36.7 Å². The van der Waals surface area contributed by atoms with Gasteiger partial charge in [0.05, 0.1) is 12.5 Å². The summed E-state index contributed by atoms with van der Waals surface area (Å²) in [5, 5.41) is 8.81. The quantitative estimate of drug-likeness (QED) is 0.786. The third-order valence-electron chi connectivity index (χ3n) is 1.83. The lowest BCUT2D eigenvalue weighted by atomic mass is 10.1. The lowest BCUT2D eigenvalue weighted by Crippen LogP contribution is -2.01. The Balaban J connectivity index is 3.27. The summed E-state index contributed by atoms with van der Waals surface area (Å²) in [4.78, 5) is 3.67. The van der Waals surface area contributed by atoms with Crippen LogP contribution < -0.4 is 0 Å². The van der Waals surface area contributed by atoms with Crippen molar-refractivity contribution in [2.45, 2.75) is 18.2 Å². The van der Waals surface area contributed by atoms with E-state index in [0.717, 1.165) is 0 Å². The second-order valence-electron chi connectivity index (χ2n) is 2.73. The van der Waals surface area contributed by atoms with Crippen LogP contribution in [0.25, 0.3) is 0 Å². The van der Waals surface area contributed by atoms with E-state index in [1.165, 1.54) is 6.20 Å².